The zero-order chi connectivity index (χ0) is 13.7. The van der Waals surface area contributed by atoms with Crippen LogP contribution in [0, 0.1) is 0 Å². The summed E-state index contributed by atoms with van der Waals surface area (Å²) in [6.45, 7) is 1.72. The standard InChI is InChI=1S/C16H16N2O/c1-12(16(17)19)15(13-8-4-2-5-9-13)18-14-10-6-3-7-11-14/h2-11,18H,1H3,(H2,17,19). The fourth-order valence-electron chi connectivity index (χ4n) is 1.78. The van der Waals surface area contributed by atoms with Crippen LogP contribution in [0.4, 0.5) is 5.69 Å². The van der Waals surface area contributed by atoms with Crippen molar-refractivity contribution in [2.45, 2.75) is 6.92 Å². The lowest BCUT2D eigenvalue weighted by molar-refractivity contribution is -0.114. The van der Waals surface area contributed by atoms with Crippen LogP contribution in [0.15, 0.2) is 66.2 Å². The number of nitrogens with two attached hydrogens (primary N) is 1. The van der Waals surface area contributed by atoms with Gasteiger partial charge in [-0.2, -0.15) is 0 Å². The lowest BCUT2D eigenvalue weighted by atomic mass is 10.1. The summed E-state index contributed by atoms with van der Waals surface area (Å²) in [5.74, 6) is -0.428. The zero-order valence-corrected chi connectivity index (χ0v) is 10.8. The van der Waals surface area contributed by atoms with Crippen LogP contribution in [0.2, 0.25) is 0 Å². The molecule has 0 aliphatic carbocycles. The Morgan fingerprint density at radius 3 is 2.00 bits per heavy atom. The summed E-state index contributed by atoms with van der Waals surface area (Å²) in [6.07, 6.45) is 0. The number of primary amides is 1. The van der Waals surface area contributed by atoms with Crippen molar-refractivity contribution in [2.75, 3.05) is 5.32 Å². The molecule has 0 fully saturated rings. The van der Waals surface area contributed by atoms with Crippen LogP contribution in [-0.4, -0.2) is 5.91 Å². The number of nitrogens with one attached hydrogen (secondary N) is 1. The van der Waals surface area contributed by atoms with Crippen molar-refractivity contribution in [3.05, 3.63) is 71.8 Å². The molecule has 0 bridgehead atoms. The van der Waals surface area contributed by atoms with Gasteiger partial charge in [0.2, 0.25) is 5.91 Å². The van der Waals surface area contributed by atoms with Gasteiger partial charge in [0.05, 0.1) is 5.70 Å². The normalized spacial score (nSPS) is 11.6. The number of anilines is 1. The maximum absolute atomic E-state index is 11.4. The predicted molar refractivity (Wildman–Crippen MR) is 78.3 cm³/mol. The first-order valence-corrected chi connectivity index (χ1v) is 6.06. The highest BCUT2D eigenvalue weighted by atomic mass is 16.1. The summed E-state index contributed by atoms with van der Waals surface area (Å²) in [5, 5.41) is 3.26. The molecular weight excluding hydrogens is 236 g/mol. The summed E-state index contributed by atoms with van der Waals surface area (Å²) < 4.78 is 0. The summed E-state index contributed by atoms with van der Waals surface area (Å²) in [7, 11) is 0. The van der Waals surface area contributed by atoms with Crippen LogP contribution >= 0.6 is 0 Å². The minimum atomic E-state index is -0.428. The largest absolute Gasteiger partial charge is 0.366 e. The van der Waals surface area contributed by atoms with Gasteiger partial charge in [-0.25, -0.2) is 0 Å². The molecule has 0 radical (unpaired) electrons. The molecule has 0 unspecified atom stereocenters. The lowest BCUT2D eigenvalue weighted by Crippen LogP contribution is -2.16. The number of amides is 1. The van der Waals surface area contributed by atoms with Gasteiger partial charge < -0.3 is 11.1 Å². The maximum atomic E-state index is 11.4. The predicted octanol–water partition coefficient (Wildman–Crippen LogP) is 3.02. The number of para-hydroxylation sites is 1. The number of benzene rings is 2. The van der Waals surface area contributed by atoms with E-state index in [1.165, 1.54) is 0 Å². The topological polar surface area (TPSA) is 55.1 Å². The minimum Gasteiger partial charge on any atom is -0.366 e. The molecule has 0 atom stereocenters. The molecule has 2 aromatic rings. The third-order valence-corrected chi connectivity index (χ3v) is 2.85. The van der Waals surface area contributed by atoms with Gasteiger partial charge in [0, 0.05) is 11.3 Å². The summed E-state index contributed by atoms with van der Waals surface area (Å²) in [4.78, 5) is 11.4. The van der Waals surface area contributed by atoms with Gasteiger partial charge in [-0.1, -0.05) is 48.5 Å². The smallest absolute Gasteiger partial charge is 0.246 e. The first-order chi connectivity index (χ1) is 9.18. The van der Waals surface area contributed by atoms with Crippen LogP contribution in [0.1, 0.15) is 12.5 Å². The number of carbonyl (C=O) groups is 1. The Hall–Kier alpha value is -2.55. The molecule has 0 saturated heterocycles. The van der Waals surface area contributed by atoms with E-state index >= 15 is 0 Å². The highest BCUT2D eigenvalue weighted by molar-refractivity contribution is 6.01. The van der Waals surface area contributed by atoms with Crippen molar-refractivity contribution in [2.24, 2.45) is 5.73 Å². The van der Waals surface area contributed by atoms with E-state index in [1.54, 1.807) is 6.92 Å². The Labute approximate surface area is 112 Å². The average Bonchev–Trinajstić information content (AvgIpc) is 2.46. The van der Waals surface area contributed by atoms with Crippen LogP contribution in [-0.2, 0) is 4.79 Å². The summed E-state index contributed by atoms with van der Waals surface area (Å²) in [6, 6.07) is 19.4. The fraction of sp³-hybridized carbons (Fsp3) is 0.0625. The highest BCUT2D eigenvalue weighted by Crippen LogP contribution is 2.21. The molecule has 3 heteroatoms. The Kier molecular flexibility index (Phi) is 3.98. The van der Waals surface area contributed by atoms with Gasteiger partial charge in [-0.05, 0) is 24.6 Å². The second-order valence-corrected chi connectivity index (χ2v) is 4.22. The molecule has 3 N–H and O–H groups in total. The van der Waals surface area contributed by atoms with Crippen molar-refractivity contribution in [3.8, 4) is 0 Å². The quantitative estimate of drug-likeness (QED) is 0.822. The number of hydrogen-bond acceptors (Lipinski definition) is 2. The van der Waals surface area contributed by atoms with Crippen molar-refractivity contribution in [1.29, 1.82) is 0 Å². The third-order valence-electron chi connectivity index (χ3n) is 2.85. The number of rotatable bonds is 4. The molecule has 96 valence electrons. The van der Waals surface area contributed by atoms with Crippen LogP contribution in [0.25, 0.3) is 5.70 Å². The Bertz CT molecular complexity index is 589. The van der Waals surface area contributed by atoms with Gasteiger partial charge in [0.1, 0.15) is 0 Å². The second-order valence-electron chi connectivity index (χ2n) is 4.22. The van der Waals surface area contributed by atoms with E-state index in [2.05, 4.69) is 5.32 Å². The number of hydrogen-bond donors (Lipinski definition) is 2. The minimum absolute atomic E-state index is 0.428. The molecule has 0 aliphatic heterocycles. The van der Waals surface area contributed by atoms with Crippen LogP contribution in [0.3, 0.4) is 0 Å². The molecule has 0 spiro atoms. The van der Waals surface area contributed by atoms with Crippen LogP contribution < -0.4 is 11.1 Å². The highest BCUT2D eigenvalue weighted by Gasteiger charge is 2.10. The molecule has 19 heavy (non-hydrogen) atoms. The fourth-order valence-corrected chi connectivity index (χ4v) is 1.78. The maximum Gasteiger partial charge on any atom is 0.246 e. The third kappa shape index (κ3) is 3.22. The van der Waals surface area contributed by atoms with E-state index in [0.29, 0.717) is 5.57 Å². The molecule has 0 saturated carbocycles. The van der Waals surface area contributed by atoms with Gasteiger partial charge in [0.25, 0.3) is 0 Å². The van der Waals surface area contributed by atoms with E-state index < -0.39 is 5.91 Å². The van der Waals surface area contributed by atoms with E-state index in [1.807, 2.05) is 60.7 Å². The zero-order valence-electron chi connectivity index (χ0n) is 10.8. The van der Waals surface area contributed by atoms with Crippen molar-refractivity contribution < 1.29 is 4.79 Å². The van der Waals surface area contributed by atoms with E-state index in [-0.39, 0.29) is 0 Å². The monoisotopic (exact) mass is 252 g/mol. The van der Waals surface area contributed by atoms with Crippen molar-refractivity contribution in [3.63, 3.8) is 0 Å². The SMILES string of the molecule is CC(C(N)=O)=C(Nc1ccccc1)c1ccccc1. The van der Waals surface area contributed by atoms with E-state index in [9.17, 15) is 4.79 Å². The summed E-state index contributed by atoms with van der Waals surface area (Å²) >= 11 is 0. The Morgan fingerprint density at radius 2 is 1.47 bits per heavy atom. The van der Waals surface area contributed by atoms with E-state index in [0.717, 1.165) is 16.9 Å². The molecule has 0 aromatic heterocycles. The van der Waals surface area contributed by atoms with Crippen molar-refractivity contribution in [1.82, 2.24) is 0 Å². The summed E-state index contributed by atoms with van der Waals surface area (Å²) in [5.41, 5.74) is 8.49. The molecule has 1 amide bonds. The molecule has 2 aromatic carbocycles. The Morgan fingerprint density at radius 1 is 0.947 bits per heavy atom. The average molecular weight is 252 g/mol. The molecular formula is C16H16N2O. The van der Waals surface area contributed by atoms with Gasteiger partial charge in [-0.3, -0.25) is 4.79 Å². The van der Waals surface area contributed by atoms with Crippen LogP contribution in [0.5, 0.6) is 0 Å². The van der Waals surface area contributed by atoms with Gasteiger partial charge in [-0.15, -0.1) is 0 Å². The second kappa shape index (κ2) is 5.87. The molecule has 3 nitrogen and oxygen atoms in total. The first kappa shape index (κ1) is 12.9. The number of carbonyl (C=O) groups excluding carboxylic acids is 1. The molecule has 2 rings (SSSR count). The molecule has 0 aliphatic rings. The Balaban J connectivity index is 2.42. The van der Waals surface area contributed by atoms with Crippen molar-refractivity contribution >= 4 is 17.3 Å². The molecule has 0 heterocycles. The van der Waals surface area contributed by atoms with Gasteiger partial charge >= 0.3 is 0 Å². The van der Waals surface area contributed by atoms with Gasteiger partial charge in [0.15, 0.2) is 0 Å². The lowest BCUT2D eigenvalue weighted by Gasteiger charge is -2.14. The van der Waals surface area contributed by atoms with E-state index in [4.69, 9.17) is 5.73 Å². The first-order valence-electron chi connectivity index (χ1n) is 6.06.